The standard InChI is InChI=1S/C20H25N3O4/c1-14(24)23(13-19(25)26)15-6-5-10-22(11-9-15)20(27)17-12-21(2)18-8-4-3-7-16(17)18/h3-4,7-8,12,15H,5-6,9-11,13H2,1-2H3,(H,25,26). The third-order valence-corrected chi connectivity index (χ3v) is 5.26. The zero-order chi connectivity index (χ0) is 19.6. The van der Waals surface area contributed by atoms with Gasteiger partial charge in [-0.2, -0.15) is 0 Å². The maximum atomic E-state index is 13.1. The predicted octanol–water partition coefficient (Wildman–Crippen LogP) is 2.11. The molecule has 1 atom stereocenters. The number of amides is 2. The highest BCUT2D eigenvalue weighted by molar-refractivity contribution is 6.07. The van der Waals surface area contributed by atoms with Gasteiger partial charge in [-0.15, -0.1) is 0 Å². The Kier molecular flexibility index (Phi) is 5.48. The van der Waals surface area contributed by atoms with Crippen molar-refractivity contribution >= 4 is 28.7 Å². The number of likely N-dealkylation sites (tertiary alicyclic amines) is 1. The van der Waals surface area contributed by atoms with Crippen LogP contribution in [0, 0.1) is 0 Å². The van der Waals surface area contributed by atoms with Crippen LogP contribution in [0.1, 0.15) is 36.5 Å². The molecule has 0 spiro atoms. The minimum absolute atomic E-state index is 0.0138. The first kappa shape index (κ1) is 18.9. The first-order valence-electron chi connectivity index (χ1n) is 9.21. The summed E-state index contributed by atoms with van der Waals surface area (Å²) < 4.78 is 1.95. The second kappa shape index (κ2) is 7.82. The van der Waals surface area contributed by atoms with Crippen molar-refractivity contribution < 1.29 is 19.5 Å². The van der Waals surface area contributed by atoms with Gasteiger partial charge in [-0.05, 0) is 25.3 Å². The highest BCUT2D eigenvalue weighted by atomic mass is 16.4. The van der Waals surface area contributed by atoms with Crippen LogP contribution in [-0.4, -0.2) is 62.9 Å². The van der Waals surface area contributed by atoms with E-state index in [-0.39, 0.29) is 24.4 Å². The molecule has 3 rings (SSSR count). The molecule has 0 radical (unpaired) electrons. The molecule has 0 aliphatic carbocycles. The number of carboxylic acids is 1. The topological polar surface area (TPSA) is 82.8 Å². The molecule has 27 heavy (non-hydrogen) atoms. The monoisotopic (exact) mass is 371 g/mol. The van der Waals surface area contributed by atoms with Gasteiger partial charge in [-0.25, -0.2) is 0 Å². The molecule has 0 bridgehead atoms. The van der Waals surface area contributed by atoms with Crippen molar-refractivity contribution in [3.8, 4) is 0 Å². The summed E-state index contributed by atoms with van der Waals surface area (Å²) in [6.45, 7) is 2.22. The zero-order valence-electron chi connectivity index (χ0n) is 15.7. The molecule has 1 N–H and O–H groups in total. The molecule has 7 nitrogen and oxygen atoms in total. The number of carbonyl (C=O) groups is 3. The van der Waals surface area contributed by atoms with Crippen LogP contribution in [0.4, 0.5) is 0 Å². The second-order valence-electron chi connectivity index (χ2n) is 7.09. The molecule has 144 valence electrons. The fourth-order valence-corrected chi connectivity index (χ4v) is 3.92. The van der Waals surface area contributed by atoms with Gasteiger partial charge in [0.25, 0.3) is 5.91 Å². The number of benzene rings is 1. The van der Waals surface area contributed by atoms with Crippen LogP contribution in [-0.2, 0) is 16.6 Å². The fourth-order valence-electron chi connectivity index (χ4n) is 3.92. The van der Waals surface area contributed by atoms with Crippen LogP contribution in [0.3, 0.4) is 0 Å². The third kappa shape index (κ3) is 3.97. The van der Waals surface area contributed by atoms with Gasteiger partial charge >= 0.3 is 5.97 Å². The van der Waals surface area contributed by atoms with Crippen LogP contribution < -0.4 is 0 Å². The van der Waals surface area contributed by atoms with Gasteiger partial charge < -0.3 is 19.5 Å². The van der Waals surface area contributed by atoms with Gasteiger partial charge in [-0.1, -0.05) is 18.2 Å². The van der Waals surface area contributed by atoms with E-state index in [0.717, 1.165) is 17.3 Å². The average molecular weight is 371 g/mol. The Labute approximate surface area is 158 Å². The molecule has 1 unspecified atom stereocenters. The Hall–Kier alpha value is -2.83. The quantitative estimate of drug-likeness (QED) is 0.892. The van der Waals surface area contributed by atoms with Crippen LogP contribution in [0.2, 0.25) is 0 Å². The number of aromatic nitrogens is 1. The molecule has 1 aliphatic rings. The lowest BCUT2D eigenvalue weighted by Gasteiger charge is -2.28. The number of carbonyl (C=O) groups excluding carboxylic acids is 2. The van der Waals surface area contributed by atoms with Crippen molar-refractivity contribution in [2.75, 3.05) is 19.6 Å². The van der Waals surface area contributed by atoms with E-state index in [2.05, 4.69) is 0 Å². The molecule has 1 aromatic heterocycles. The van der Waals surface area contributed by atoms with Gasteiger partial charge in [0, 0.05) is 50.2 Å². The van der Waals surface area contributed by atoms with Gasteiger partial charge in [0.2, 0.25) is 5.91 Å². The minimum Gasteiger partial charge on any atom is -0.480 e. The van der Waals surface area contributed by atoms with E-state index in [1.54, 1.807) is 0 Å². The number of aliphatic carboxylic acids is 1. The van der Waals surface area contributed by atoms with Crippen molar-refractivity contribution in [3.63, 3.8) is 0 Å². The molecule has 7 heteroatoms. The van der Waals surface area contributed by atoms with E-state index in [1.807, 2.05) is 47.0 Å². The van der Waals surface area contributed by atoms with E-state index >= 15 is 0 Å². The Morgan fingerprint density at radius 3 is 2.63 bits per heavy atom. The van der Waals surface area contributed by atoms with E-state index in [4.69, 9.17) is 5.11 Å². The molecule has 1 aromatic carbocycles. The maximum absolute atomic E-state index is 13.1. The number of rotatable bonds is 4. The Bertz CT molecular complexity index is 873. The molecule has 0 saturated carbocycles. The molecular formula is C20H25N3O4. The van der Waals surface area contributed by atoms with Crippen LogP contribution in [0.5, 0.6) is 0 Å². The number of carboxylic acid groups (broad SMARTS) is 1. The number of nitrogens with zero attached hydrogens (tertiary/aromatic N) is 3. The summed E-state index contributed by atoms with van der Waals surface area (Å²) in [7, 11) is 1.92. The molecule has 2 aromatic rings. The summed E-state index contributed by atoms with van der Waals surface area (Å²) in [4.78, 5) is 39.3. The second-order valence-corrected chi connectivity index (χ2v) is 7.09. The van der Waals surface area contributed by atoms with E-state index < -0.39 is 5.97 Å². The summed E-state index contributed by atoms with van der Waals surface area (Å²) in [6.07, 6.45) is 3.89. The number of hydrogen-bond donors (Lipinski definition) is 1. The summed E-state index contributed by atoms with van der Waals surface area (Å²) in [6, 6.07) is 7.67. The minimum atomic E-state index is -1.02. The average Bonchev–Trinajstić information content (AvgIpc) is 2.81. The van der Waals surface area contributed by atoms with Crippen molar-refractivity contribution in [2.45, 2.75) is 32.2 Å². The predicted molar refractivity (Wildman–Crippen MR) is 101 cm³/mol. The maximum Gasteiger partial charge on any atom is 0.323 e. The smallest absolute Gasteiger partial charge is 0.323 e. The number of aryl methyl sites for hydroxylation is 1. The van der Waals surface area contributed by atoms with Gasteiger partial charge in [-0.3, -0.25) is 14.4 Å². The summed E-state index contributed by atoms with van der Waals surface area (Å²) in [5.41, 5.74) is 1.69. The van der Waals surface area contributed by atoms with Crippen LogP contribution in [0.25, 0.3) is 10.9 Å². The number of para-hydroxylation sites is 1. The van der Waals surface area contributed by atoms with Crippen molar-refractivity contribution in [3.05, 3.63) is 36.0 Å². The van der Waals surface area contributed by atoms with Crippen molar-refractivity contribution in [1.29, 1.82) is 0 Å². The fraction of sp³-hybridized carbons (Fsp3) is 0.450. The Balaban J connectivity index is 1.76. The molecule has 2 amide bonds. The molecule has 1 aliphatic heterocycles. The lowest BCUT2D eigenvalue weighted by Crippen LogP contribution is -2.43. The normalized spacial score (nSPS) is 17.6. The third-order valence-electron chi connectivity index (χ3n) is 5.26. The zero-order valence-corrected chi connectivity index (χ0v) is 15.7. The van der Waals surface area contributed by atoms with Gasteiger partial charge in [0.05, 0.1) is 5.56 Å². The lowest BCUT2D eigenvalue weighted by molar-refractivity contribution is -0.145. The summed E-state index contributed by atoms with van der Waals surface area (Å²) >= 11 is 0. The molecule has 2 heterocycles. The van der Waals surface area contributed by atoms with E-state index in [0.29, 0.717) is 31.5 Å². The van der Waals surface area contributed by atoms with E-state index in [1.165, 1.54) is 11.8 Å². The highest BCUT2D eigenvalue weighted by Crippen LogP contribution is 2.24. The van der Waals surface area contributed by atoms with Gasteiger partial charge in [0.1, 0.15) is 6.54 Å². The van der Waals surface area contributed by atoms with Gasteiger partial charge in [0.15, 0.2) is 0 Å². The Morgan fingerprint density at radius 2 is 1.93 bits per heavy atom. The summed E-state index contributed by atoms with van der Waals surface area (Å²) in [5.74, 6) is -1.27. The first-order chi connectivity index (χ1) is 12.9. The van der Waals surface area contributed by atoms with Crippen molar-refractivity contribution in [1.82, 2.24) is 14.4 Å². The van der Waals surface area contributed by atoms with Crippen molar-refractivity contribution in [2.24, 2.45) is 7.05 Å². The highest BCUT2D eigenvalue weighted by Gasteiger charge is 2.28. The Morgan fingerprint density at radius 1 is 1.19 bits per heavy atom. The summed E-state index contributed by atoms with van der Waals surface area (Å²) in [5, 5.41) is 10.00. The largest absolute Gasteiger partial charge is 0.480 e. The van der Waals surface area contributed by atoms with Crippen LogP contribution >= 0.6 is 0 Å². The van der Waals surface area contributed by atoms with Crippen LogP contribution in [0.15, 0.2) is 30.5 Å². The molecule has 1 fully saturated rings. The molecular weight excluding hydrogens is 346 g/mol. The number of fused-ring (bicyclic) bond motifs is 1. The molecule has 1 saturated heterocycles. The van der Waals surface area contributed by atoms with E-state index in [9.17, 15) is 14.4 Å². The number of hydrogen-bond acceptors (Lipinski definition) is 3. The lowest BCUT2D eigenvalue weighted by atomic mass is 10.1. The first-order valence-corrected chi connectivity index (χ1v) is 9.21. The SMILES string of the molecule is CC(=O)N(CC(=O)O)C1CCCN(C(=O)c2cn(C)c3ccccc23)CC1.